The Hall–Kier alpha value is -1.10. The lowest BCUT2D eigenvalue weighted by atomic mass is 9.70. The van der Waals surface area contributed by atoms with Crippen LogP contribution >= 0.6 is 11.6 Å². The van der Waals surface area contributed by atoms with E-state index in [4.69, 9.17) is 25.8 Å². The molecule has 1 saturated heterocycles. The molecule has 0 unspecified atom stereocenters. The molecule has 1 heterocycles. The van der Waals surface area contributed by atoms with Crippen LogP contribution in [-0.2, 0) is 14.2 Å². The van der Waals surface area contributed by atoms with Gasteiger partial charge >= 0.3 is 5.97 Å². The Morgan fingerprint density at radius 2 is 1.45 bits per heavy atom. The zero-order valence-electron chi connectivity index (χ0n) is 17.2. The lowest BCUT2D eigenvalue weighted by molar-refractivity contribution is -0.0515. The zero-order valence-corrected chi connectivity index (χ0v) is 17.9. The summed E-state index contributed by atoms with van der Waals surface area (Å²) in [6.07, 6.45) is 12.2. The van der Waals surface area contributed by atoms with Crippen molar-refractivity contribution in [3.63, 3.8) is 0 Å². The third-order valence-corrected chi connectivity index (χ3v) is 7.38. The molecule has 4 nitrogen and oxygen atoms in total. The predicted molar refractivity (Wildman–Crippen MR) is 113 cm³/mol. The Labute approximate surface area is 179 Å². The number of hydrogen-bond acceptors (Lipinski definition) is 4. The van der Waals surface area contributed by atoms with E-state index in [0.717, 1.165) is 50.2 Å². The van der Waals surface area contributed by atoms with E-state index in [1.807, 2.05) is 0 Å². The standard InChI is InChI=1S/C24H33ClO4/c25-21-10-6-20(7-11-21)24(26)29-22-12-8-19(9-13-22)18-4-1-17(2-5-18)3-14-23-27-15-16-28-23/h6-7,10-11,17-19,22-23H,1-5,8-9,12-16H2/t17-,18-,19-,22-. The van der Waals surface area contributed by atoms with Crippen LogP contribution in [0, 0.1) is 17.8 Å². The molecule has 0 spiro atoms. The van der Waals surface area contributed by atoms with E-state index in [0.29, 0.717) is 10.6 Å². The smallest absolute Gasteiger partial charge is 0.338 e. The number of rotatable bonds is 6. The van der Waals surface area contributed by atoms with Crippen LogP contribution in [0.3, 0.4) is 0 Å². The summed E-state index contributed by atoms with van der Waals surface area (Å²) in [6.45, 7) is 1.52. The Kier molecular flexibility index (Phi) is 7.49. The van der Waals surface area contributed by atoms with Crippen molar-refractivity contribution >= 4 is 17.6 Å². The molecule has 0 amide bonds. The average Bonchev–Trinajstić information content (AvgIpc) is 3.27. The fraction of sp³-hybridized carbons (Fsp3) is 0.708. The molecule has 29 heavy (non-hydrogen) atoms. The van der Waals surface area contributed by atoms with E-state index in [9.17, 15) is 4.79 Å². The second-order valence-corrected chi connectivity index (χ2v) is 9.41. The molecule has 0 atom stereocenters. The summed E-state index contributed by atoms with van der Waals surface area (Å²) in [5.41, 5.74) is 0.586. The van der Waals surface area contributed by atoms with Crippen LogP contribution in [0.15, 0.2) is 24.3 Å². The molecule has 3 fully saturated rings. The van der Waals surface area contributed by atoms with Gasteiger partial charge in [0.1, 0.15) is 6.10 Å². The minimum atomic E-state index is -0.221. The highest BCUT2D eigenvalue weighted by Crippen LogP contribution is 2.41. The molecule has 1 aromatic rings. The van der Waals surface area contributed by atoms with Crippen LogP contribution < -0.4 is 0 Å². The van der Waals surface area contributed by atoms with Crippen LogP contribution in [0.5, 0.6) is 0 Å². The summed E-state index contributed by atoms with van der Waals surface area (Å²) in [5, 5.41) is 0.636. The second kappa shape index (κ2) is 10.3. The number of benzene rings is 1. The van der Waals surface area contributed by atoms with Gasteiger partial charge in [0.05, 0.1) is 18.8 Å². The Morgan fingerprint density at radius 3 is 2.07 bits per heavy atom. The first-order valence-corrected chi connectivity index (χ1v) is 11.7. The van der Waals surface area contributed by atoms with Crippen molar-refractivity contribution in [2.24, 2.45) is 17.8 Å². The van der Waals surface area contributed by atoms with Crippen molar-refractivity contribution in [1.82, 2.24) is 0 Å². The summed E-state index contributed by atoms with van der Waals surface area (Å²) in [4.78, 5) is 12.3. The largest absolute Gasteiger partial charge is 0.459 e. The molecule has 0 radical (unpaired) electrons. The van der Waals surface area contributed by atoms with Crippen LogP contribution in [0.2, 0.25) is 5.02 Å². The van der Waals surface area contributed by atoms with Gasteiger partial charge in [-0.15, -0.1) is 0 Å². The van der Waals surface area contributed by atoms with E-state index in [2.05, 4.69) is 0 Å². The van der Waals surface area contributed by atoms with Crippen LogP contribution in [0.25, 0.3) is 0 Å². The third kappa shape index (κ3) is 5.96. The van der Waals surface area contributed by atoms with Crippen LogP contribution in [-0.4, -0.2) is 31.6 Å². The fourth-order valence-corrected chi connectivity index (χ4v) is 5.50. The summed E-state index contributed by atoms with van der Waals surface area (Å²) in [6, 6.07) is 6.94. The van der Waals surface area contributed by atoms with Crippen molar-refractivity contribution < 1.29 is 19.0 Å². The molecular formula is C24H33ClO4. The summed E-state index contributed by atoms with van der Waals surface area (Å²) in [5.74, 6) is 2.29. The third-order valence-electron chi connectivity index (χ3n) is 7.13. The molecule has 1 aromatic carbocycles. The van der Waals surface area contributed by atoms with Gasteiger partial charge in [-0.1, -0.05) is 24.4 Å². The van der Waals surface area contributed by atoms with E-state index >= 15 is 0 Å². The monoisotopic (exact) mass is 420 g/mol. The van der Waals surface area contributed by atoms with Crippen LogP contribution in [0.1, 0.15) is 74.6 Å². The van der Waals surface area contributed by atoms with E-state index in [-0.39, 0.29) is 18.4 Å². The topological polar surface area (TPSA) is 44.8 Å². The highest BCUT2D eigenvalue weighted by molar-refractivity contribution is 6.30. The number of carbonyl (C=O) groups excluding carboxylic acids is 1. The Balaban J connectivity index is 1.14. The molecular weight excluding hydrogens is 388 g/mol. The average molecular weight is 421 g/mol. The van der Waals surface area contributed by atoms with Gasteiger partial charge in [0.15, 0.2) is 6.29 Å². The van der Waals surface area contributed by atoms with Crippen molar-refractivity contribution in [3.8, 4) is 0 Å². The molecule has 0 bridgehead atoms. The van der Waals surface area contributed by atoms with E-state index < -0.39 is 0 Å². The van der Waals surface area contributed by atoms with Gasteiger partial charge in [0.25, 0.3) is 0 Å². The van der Waals surface area contributed by atoms with E-state index in [1.165, 1.54) is 44.9 Å². The lowest BCUT2D eigenvalue weighted by Gasteiger charge is -2.37. The molecule has 0 aromatic heterocycles. The van der Waals surface area contributed by atoms with Crippen molar-refractivity contribution in [2.75, 3.05) is 13.2 Å². The van der Waals surface area contributed by atoms with Crippen molar-refractivity contribution in [3.05, 3.63) is 34.9 Å². The molecule has 0 N–H and O–H groups in total. The predicted octanol–water partition coefficient (Wildman–Crippen LogP) is 6.02. The van der Waals surface area contributed by atoms with Gasteiger partial charge in [0, 0.05) is 5.02 Å². The first-order valence-electron chi connectivity index (χ1n) is 11.4. The normalized spacial score (nSPS) is 30.9. The molecule has 1 aliphatic heterocycles. The van der Waals surface area contributed by atoms with Gasteiger partial charge in [-0.05, 0) is 93.4 Å². The highest BCUT2D eigenvalue weighted by Gasteiger charge is 2.32. The highest BCUT2D eigenvalue weighted by atomic mass is 35.5. The van der Waals surface area contributed by atoms with Gasteiger partial charge < -0.3 is 14.2 Å². The first-order chi connectivity index (χ1) is 14.2. The van der Waals surface area contributed by atoms with Crippen molar-refractivity contribution in [2.45, 2.75) is 76.6 Å². The molecule has 2 aliphatic carbocycles. The minimum Gasteiger partial charge on any atom is -0.459 e. The fourth-order valence-electron chi connectivity index (χ4n) is 5.38. The summed E-state index contributed by atoms with van der Waals surface area (Å²) >= 11 is 5.89. The maximum atomic E-state index is 12.3. The maximum absolute atomic E-state index is 12.3. The lowest BCUT2D eigenvalue weighted by Crippen LogP contribution is -2.30. The molecule has 5 heteroatoms. The summed E-state index contributed by atoms with van der Waals surface area (Å²) in [7, 11) is 0. The van der Waals surface area contributed by atoms with Gasteiger partial charge in [-0.25, -0.2) is 4.79 Å². The SMILES string of the molecule is O=C(O[C@H]1CC[C@H]([C@H]2CC[C@H](CCC3OCCO3)CC2)CC1)c1ccc(Cl)cc1. The minimum absolute atomic E-state index is 0.0542. The first kappa shape index (κ1) is 21.1. The second-order valence-electron chi connectivity index (χ2n) is 8.98. The number of esters is 1. The van der Waals surface area contributed by atoms with Gasteiger partial charge in [0.2, 0.25) is 0 Å². The maximum Gasteiger partial charge on any atom is 0.338 e. The number of ether oxygens (including phenoxy) is 3. The molecule has 3 aliphatic rings. The molecule has 160 valence electrons. The number of halogens is 1. The summed E-state index contributed by atoms with van der Waals surface area (Å²) < 4.78 is 16.9. The number of carbonyl (C=O) groups is 1. The molecule has 4 rings (SSSR count). The van der Waals surface area contributed by atoms with Crippen molar-refractivity contribution in [1.29, 1.82) is 0 Å². The van der Waals surface area contributed by atoms with Gasteiger partial charge in [-0.2, -0.15) is 0 Å². The van der Waals surface area contributed by atoms with Crippen LogP contribution in [0.4, 0.5) is 0 Å². The Morgan fingerprint density at radius 1 is 0.862 bits per heavy atom. The Bertz CT molecular complexity index is 639. The zero-order chi connectivity index (χ0) is 20.1. The van der Waals surface area contributed by atoms with Gasteiger partial charge in [-0.3, -0.25) is 0 Å². The quantitative estimate of drug-likeness (QED) is 0.528. The van der Waals surface area contributed by atoms with E-state index in [1.54, 1.807) is 24.3 Å². The number of hydrogen-bond donors (Lipinski definition) is 0. The molecule has 2 saturated carbocycles.